The Bertz CT molecular complexity index is 938. The van der Waals surface area contributed by atoms with Crippen LogP contribution in [-0.2, 0) is 6.18 Å². The van der Waals surface area contributed by atoms with Gasteiger partial charge in [0, 0.05) is 6.92 Å². The summed E-state index contributed by atoms with van der Waals surface area (Å²) in [4.78, 5) is 11.1. The SMILES string of the molecule is CC(=O)c1c(SC(F)(F)F)c(C#N)nn1-c1c(Cl)cc(C(F)(F)F)cc1Cl. The van der Waals surface area contributed by atoms with Gasteiger partial charge in [-0.15, -0.1) is 0 Å². The first-order chi connectivity index (χ1) is 12.3. The summed E-state index contributed by atoms with van der Waals surface area (Å²) in [7, 11) is 0. The van der Waals surface area contributed by atoms with Crippen LogP contribution in [0.25, 0.3) is 5.69 Å². The lowest BCUT2D eigenvalue weighted by atomic mass is 10.2. The lowest BCUT2D eigenvalue weighted by Crippen LogP contribution is -2.11. The highest BCUT2D eigenvalue weighted by atomic mass is 35.5. The smallest absolute Gasteiger partial charge is 0.293 e. The van der Waals surface area contributed by atoms with Gasteiger partial charge in [0.1, 0.15) is 17.5 Å². The molecule has 0 unspecified atom stereocenters. The summed E-state index contributed by atoms with van der Waals surface area (Å²) >= 11 is 10.9. The van der Waals surface area contributed by atoms with Crippen molar-refractivity contribution in [1.82, 2.24) is 9.78 Å². The number of Topliss-reactive ketones (excluding diaryl/α,β-unsaturated/α-hetero) is 1. The maximum Gasteiger partial charge on any atom is 0.446 e. The van der Waals surface area contributed by atoms with Crippen LogP contribution in [0.3, 0.4) is 0 Å². The van der Waals surface area contributed by atoms with Gasteiger partial charge in [0.05, 0.1) is 20.5 Å². The van der Waals surface area contributed by atoms with Crippen LogP contribution in [0.5, 0.6) is 0 Å². The molecule has 2 aromatic rings. The number of carbonyl (C=O) groups excluding carboxylic acids is 1. The maximum absolute atomic E-state index is 12.8. The Morgan fingerprint density at radius 3 is 2.07 bits per heavy atom. The van der Waals surface area contributed by atoms with Crippen LogP contribution in [0.4, 0.5) is 26.3 Å². The third kappa shape index (κ3) is 4.51. The second-order valence-electron chi connectivity index (χ2n) is 4.94. The van der Waals surface area contributed by atoms with E-state index >= 15 is 0 Å². The number of hydrogen-bond donors (Lipinski definition) is 0. The molecule has 0 amide bonds. The molecule has 4 nitrogen and oxygen atoms in total. The van der Waals surface area contributed by atoms with Gasteiger partial charge in [-0.3, -0.25) is 4.79 Å². The van der Waals surface area contributed by atoms with E-state index in [1.165, 1.54) is 6.07 Å². The molecule has 0 radical (unpaired) electrons. The van der Waals surface area contributed by atoms with Gasteiger partial charge in [0.15, 0.2) is 11.5 Å². The van der Waals surface area contributed by atoms with Crippen LogP contribution in [-0.4, -0.2) is 21.1 Å². The normalized spacial score (nSPS) is 12.1. The minimum absolute atomic E-state index is 0.456. The number of alkyl halides is 6. The fourth-order valence-electron chi connectivity index (χ4n) is 2.09. The monoisotopic (exact) mass is 447 g/mol. The Labute approximate surface area is 161 Å². The van der Waals surface area contributed by atoms with Gasteiger partial charge >= 0.3 is 11.7 Å². The number of carbonyl (C=O) groups is 1. The molecule has 0 aliphatic rings. The molecule has 1 aromatic heterocycles. The molecule has 0 spiro atoms. The van der Waals surface area contributed by atoms with E-state index in [4.69, 9.17) is 28.5 Å². The number of halogens is 8. The number of rotatable bonds is 3. The molecule has 0 atom stereocenters. The van der Waals surface area contributed by atoms with Crippen LogP contribution < -0.4 is 0 Å². The van der Waals surface area contributed by atoms with E-state index in [1.807, 2.05) is 0 Å². The summed E-state index contributed by atoms with van der Waals surface area (Å²) in [5, 5.41) is 11.4. The van der Waals surface area contributed by atoms with Crippen LogP contribution in [0, 0.1) is 11.3 Å². The number of aromatic nitrogens is 2. The topological polar surface area (TPSA) is 58.7 Å². The van der Waals surface area contributed by atoms with Crippen LogP contribution in [0.1, 0.15) is 28.7 Å². The van der Waals surface area contributed by atoms with Crippen molar-refractivity contribution < 1.29 is 31.1 Å². The molecular weight excluding hydrogens is 443 g/mol. The van der Waals surface area contributed by atoms with Crippen molar-refractivity contribution in [3.05, 3.63) is 39.1 Å². The largest absolute Gasteiger partial charge is 0.446 e. The third-order valence-corrected chi connectivity index (χ3v) is 4.45. The highest BCUT2D eigenvalue weighted by Crippen LogP contribution is 2.43. The van der Waals surface area contributed by atoms with E-state index in [0.717, 1.165) is 6.92 Å². The number of thioether (sulfide) groups is 1. The molecule has 1 aromatic carbocycles. The zero-order valence-electron chi connectivity index (χ0n) is 12.8. The van der Waals surface area contributed by atoms with Gasteiger partial charge in [-0.05, 0) is 23.9 Å². The van der Waals surface area contributed by atoms with Crippen molar-refractivity contribution in [2.45, 2.75) is 23.5 Å². The molecule has 0 aliphatic heterocycles. The summed E-state index contributed by atoms with van der Waals surface area (Å²) in [6.07, 6.45) is -4.78. The second-order valence-corrected chi connectivity index (χ2v) is 6.83. The van der Waals surface area contributed by atoms with E-state index in [9.17, 15) is 31.1 Å². The summed E-state index contributed by atoms with van der Waals surface area (Å²) in [5.74, 6) is -0.928. The number of nitrogens with zero attached hydrogens (tertiary/aromatic N) is 3. The van der Waals surface area contributed by atoms with E-state index in [-0.39, 0.29) is 0 Å². The Hall–Kier alpha value is -1.90. The molecule has 27 heavy (non-hydrogen) atoms. The second kappa shape index (κ2) is 7.26. The minimum atomic E-state index is -4.85. The van der Waals surface area contributed by atoms with E-state index < -0.39 is 66.8 Å². The first-order valence-electron chi connectivity index (χ1n) is 6.62. The number of hydrogen-bond acceptors (Lipinski definition) is 4. The molecule has 0 aliphatic carbocycles. The van der Waals surface area contributed by atoms with Gasteiger partial charge in [-0.25, -0.2) is 4.68 Å². The zero-order chi connectivity index (χ0) is 20.7. The van der Waals surface area contributed by atoms with E-state index in [0.29, 0.717) is 16.8 Å². The van der Waals surface area contributed by atoms with Gasteiger partial charge in [0.2, 0.25) is 0 Å². The Kier molecular flexibility index (Phi) is 5.75. The van der Waals surface area contributed by atoms with Gasteiger partial charge in [-0.2, -0.15) is 36.7 Å². The molecule has 0 saturated carbocycles. The predicted octanol–water partition coefficient (Wildman–Crippen LogP) is 5.88. The molecule has 0 N–H and O–H groups in total. The summed E-state index contributed by atoms with van der Waals surface area (Å²) in [5.41, 5.74) is -7.95. The van der Waals surface area contributed by atoms with Gasteiger partial charge < -0.3 is 0 Å². The number of benzene rings is 1. The van der Waals surface area contributed by atoms with Crippen LogP contribution in [0.15, 0.2) is 17.0 Å². The molecule has 13 heteroatoms. The summed E-state index contributed by atoms with van der Waals surface area (Å²) in [6, 6.07) is 2.37. The van der Waals surface area contributed by atoms with Crippen molar-refractivity contribution in [3.8, 4) is 11.8 Å². The highest BCUT2D eigenvalue weighted by Gasteiger charge is 2.37. The van der Waals surface area contributed by atoms with Gasteiger partial charge in [-0.1, -0.05) is 23.2 Å². The standard InChI is InChI=1S/C14H5Cl2F6N3OS/c1-5(26)10-12(27-14(20,21)22)9(4-23)24-25(10)11-7(15)2-6(3-8(11)16)13(17,18)19/h2-3H,1H3. The molecule has 2 rings (SSSR count). The fourth-order valence-corrected chi connectivity index (χ4v) is 3.48. The summed E-state index contributed by atoms with van der Waals surface area (Å²) < 4.78 is 77.4. The Balaban J connectivity index is 2.81. The first kappa shape index (κ1) is 21.4. The fraction of sp³-hybridized carbons (Fsp3) is 0.214. The average molecular weight is 448 g/mol. The maximum atomic E-state index is 12.8. The van der Waals surface area contributed by atoms with Crippen molar-refractivity contribution in [2.75, 3.05) is 0 Å². The molecule has 0 bridgehead atoms. The quantitative estimate of drug-likeness (QED) is 0.334. The lowest BCUT2D eigenvalue weighted by molar-refractivity contribution is -0.137. The molecule has 1 heterocycles. The average Bonchev–Trinajstić information content (AvgIpc) is 2.81. The third-order valence-electron chi connectivity index (χ3n) is 3.06. The zero-order valence-corrected chi connectivity index (χ0v) is 15.2. The predicted molar refractivity (Wildman–Crippen MR) is 85.2 cm³/mol. The molecule has 0 fully saturated rings. The van der Waals surface area contributed by atoms with Gasteiger partial charge in [0.25, 0.3) is 0 Å². The van der Waals surface area contributed by atoms with Crippen LogP contribution in [0.2, 0.25) is 10.0 Å². The van der Waals surface area contributed by atoms with Crippen molar-refractivity contribution in [2.24, 2.45) is 0 Å². The van der Waals surface area contributed by atoms with E-state index in [2.05, 4.69) is 5.10 Å². The van der Waals surface area contributed by atoms with E-state index in [1.54, 1.807) is 0 Å². The summed E-state index contributed by atoms with van der Waals surface area (Å²) in [6.45, 7) is 0.904. The Morgan fingerprint density at radius 1 is 1.19 bits per heavy atom. The highest BCUT2D eigenvalue weighted by molar-refractivity contribution is 8.00. The van der Waals surface area contributed by atoms with Crippen LogP contribution >= 0.6 is 35.0 Å². The molecular formula is C14H5Cl2F6N3OS. The minimum Gasteiger partial charge on any atom is -0.293 e. The van der Waals surface area contributed by atoms with Crippen molar-refractivity contribution >= 4 is 40.7 Å². The van der Waals surface area contributed by atoms with Crippen molar-refractivity contribution in [1.29, 1.82) is 5.26 Å². The molecule has 144 valence electrons. The number of nitriles is 1. The molecule has 0 saturated heterocycles. The lowest BCUT2D eigenvalue weighted by Gasteiger charge is -2.14. The van der Waals surface area contributed by atoms with Crippen molar-refractivity contribution in [3.63, 3.8) is 0 Å². The Morgan fingerprint density at radius 2 is 1.70 bits per heavy atom. The number of ketones is 1. The first-order valence-corrected chi connectivity index (χ1v) is 8.20.